The second kappa shape index (κ2) is 4.79. The third-order valence-electron chi connectivity index (χ3n) is 7.39. The van der Waals surface area contributed by atoms with E-state index < -0.39 is 0 Å². The van der Waals surface area contributed by atoms with Gasteiger partial charge >= 0.3 is 0 Å². The van der Waals surface area contributed by atoms with Gasteiger partial charge in [0.1, 0.15) is 5.75 Å². The summed E-state index contributed by atoms with van der Waals surface area (Å²) in [5, 5.41) is 17.2. The molecule has 2 heterocycles. The van der Waals surface area contributed by atoms with Crippen molar-refractivity contribution in [2.75, 3.05) is 6.54 Å². The molecule has 3 heteroatoms. The summed E-state index contributed by atoms with van der Waals surface area (Å²) in [6.45, 7) is 1.12. The molecule has 3 aromatic rings. The molecule has 1 aromatic heterocycles. The molecule has 1 saturated carbocycles. The van der Waals surface area contributed by atoms with E-state index in [9.17, 15) is 5.11 Å². The van der Waals surface area contributed by atoms with Crippen LogP contribution < -0.4 is 5.32 Å². The molecule has 0 spiro atoms. The zero-order valence-electron chi connectivity index (χ0n) is 14.4. The Morgan fingerprint density at radius 2 is 2.04 bits per heavy atom. The van der Waals surface area contributed by atoms with Crippen LogP contribution in [0.1, 0.15) is 43.2 Å². The molecular weight excluding hydrogens is 308 g/mol. The van der Waals surface area contributed by atoms with Gasteiger partial charge in [0.15, 0.2) is 0 Å². The number of fused-ring (bicyclic) bond motifs is 5. The molecule has 3 aliphatic rings. The Morgan fingerprint density at radius 1 is 1.12 bits per heavy atom. The van der Waals surface area contributed by atoms with E-state index in [0.717, 1.165) is 29.9 Å². The topological polar surface area (TPSA) is 48.0 Å². The first-order valence-corrected chi connectivity index (χ1v) is 9.77. The molecular formula is C22H24N2O. The van der Waals surface area contributed by atoms with Crippen LogP contribution in [0.5, 0.6) is 5.75 Å². The Labute approximate surface area is 147 Å². The summed E-state index contributed by atoms with van der Waals surface area (Å²) in [6, 6.07) is 11.2. The first-order valence-electron chi connectivity index (χ1n) is 9.77. The number of aromatic amines is 1. The average Bonchev–Trinajstić information content (AvgIpc) is 3.03. The monoisotopic (exact) mass is 332 g/mol. The predicted octanol–water partition coefficient (Wildman–Crippen LogP) is 4.37. The number of benzene rings is 2. The van der Waals surface area contributed by atoms with Gasteiger partial charge in [-0.05, 0) is 61.4 Å². The van der Waals surface area contributed by atoms with E-state index >= 15 is 0 Å². The van der Waals surface area contributed by atoms with Gasteiger partial charge in [0.2, 0.25) is 0 Å². The number of piperidine rings is 1. The maximum atomic E-state index is 10.9. The minimum atomic E-state index is 0.284. The van der Waals surface area contributed by atoms with Crippen LogP contribution in [0.25, 0.3) is 21.8 Å². The standard InChI is InChI=1S/C22H24N2O/c25-19-12-16-14(20-13-5-1-2-7-17(13)24-21(19)20)11-18-15-6-3-4-8-22(15,16)9-10-23-18/h1-2,5,7,12,15,18,23-25H,3-4,6,8-11H2/t15-,18+,22+/m1/s1. The van der Waals surface area contributed by atoms with Crippen molar-refractivity contribution in [2.45, 2.75) is 50.0 Å². The highest BCUT2D eigenvalue weighted by Crippen LogP contribution is 2.56. The van der Waals surface area contributed by atoms with Gasteiger partial charge in [-0.15, -0.1) is 0 Å². The molecule has 2 aromatic carbocycles. The number of aromatic nitrogens is 1. The molecule has 0 radical (unpaired) electrons. The van der Waals surface area contributed by atoms with Gasteiger partial charge in [0.05, 0.1) is 5.52 Å². The summed E-state index contributed by atoms with van der Waals surface area (Å²) < 4.78 is 0. The van der Waals surface area contributed by atoms with Crippen LogP contribution in [0.2, 0.25) is 0 Å². The quantitative estimate of drug-likeness (QED) is 0.572. The Hall–Kier alpha value is -2.00. The van der Waals surface area contributed by atoms with Gasteiger partial charge in [-0.25, -0.2) is 0 Å². The van der Waals surface area contributed by atoms with Crippen molar-refractivity contribution in [3.63, 3.8) is 0 Å². The highest BCUT2D eigenvalue weighted by Gasteiger charge is 2.52. The lowest BCUT2D eigenvalue weighted by Gasteiger charge is -2.56. The van der Waals surface area contributed by atoms with E-state index in [1.54, 1.807) is 0 Å². The molecule has 1 aliphatic heterocycles. The van der Waals surface area contributed by atoms with E-state index in [1.165, 1.54) is 54.0 Å². The van der Waals surface area contributed by atoms with Gasteiger partial charge in [-0.1, -0.05) is 31.0 Å². The molecule has 3 atom stereocenters. The van der Waals surface area contributed by atoms with E-state index in [4.69, 9.17) is 0 Å². The lowest BCUT2D eigenvalue weighted by molar-refractivity contribution is 0.0801. The fourth-order valence-corrected chi connectivity index (χ4v) is 6.42. The highest BCUT2D eigenvalue weighted by atomic mass is 16.3. The smallest absolute Gasteiger partial charge is 0.139 e. The molecule has 6 rings (SSSR count). The van der Waals surface area contributed by atoms with E-state index in [-0.39, 0.29) is 5.41 Å². The number of hydrogen-bond donors (Lipinski definition) is 3. The second-order valence-electron chi connectivity index (χ2n) is 8.37. The zero-order chi connectivity index (χ0) is 16.6. The molecule has 3 N–H and O–H groups in total. The maximum absolute atomic E-state index is 10.9. The van der Waals surface area contributed by atoms with E-state index in [2.05, 4.69) is 40.6 Å². The Morgan fingerprint density at radius 3 is 3.00 bits per heavy atom. The lowest BCUT2D eigenvalue weighted by Crippen LogP contribution is -2.59. The van der Waals surface area contributed by atoms with Crippen LogP contribution in [0.4, 0.5) is 0 Å². The molecule has 2 bridgehead atoms. The molecule has 1 saturated heterocycles. The van der Waals surface area contributed by atoms with Crippen molar-refractivity contribution < 1.29 is 5.11 Å². The maximum Gasteiger partial charge on any atom is 0.139 e. The van der Waals surface area contributed by atoms with Gasteiger partial charge in [-0.2, -0.15) is 0 Å². The summed E-state index contributed by atoms with van der Waals surface area (Å²) in [4.78, 5) is 3.46. The Bertz CT molecular complexity index is 1000. The van der Waals surface area contributed by atoms with Crippen molar-refractivity contribution >= 4 is 21.8 Å². The number of nitrogens with one attached hydrogen (secondary N) is 2. The van der Waals surface area contributed by atoms with Gasteiger partial charge in [-0.3, -0.25) is 0 Å². The van der Waals surface area contributed by atoms with E-state index in [1.807, 2.05) is 0 Å². The largest absolute Gasteiger partial charge is 0.506 e. The molecule has 0 amide bonds. The van der Waals surface area contributed by atoms with Crippen LogP contribution in [-0.2, 0) is 11.8 Å². The second-order valence-corrected chi connectivity index (χ2v) is 8.37. The summed E-state index contributed by atoms with van der Waals surface area (Å²) in [7, 11) is 0. The SMILES string of the molecule is Oc1cc2c(c3c1[nH]c1ccccc13)C[C@@H]1NCC[C@]23CCCC[C@H]13. The number of para-hydroxylation sites is 1. The van der Waals surface area contributed by atoms with Gasteiger partial charge < -0.3 is 15.4 Å². The minimum Gasteiger partial charge on any atom is -0.506 e. The lowest BCUT2D eigenvalue weighted by atomic mass is 9.52. The van der Waals surface area contributed by atoms with Crippen molar-refractivity contribution in [1.29, 1.82) is 0 Å². The average molecular weight is 332 g/mol. The fourth-order valence-electron chi connectivity index (χ4n) is 6.42. The summed E-state index contributed by atoms with van der Waals surface area (Å²) in [5.74, 6) is 1.17. The van der Waals surface area contributed by atoms with Crippen LogP contribution in [0, 0.1) is 5.92 Å². The third kappa shape index (κ3) is 1.70. The number of phenolic OH excluding ortho intramolecular Hbond substituents is 1. The summed E-state index contributed by atoms with van der Waals surface area (Å²) in [6.07, 6.45) is 7.63. The normalized spacial score (nSPS) is 31.0. The molecule has 2 aliphatic carbocycles. The van der Waals surface area contributed by atoms with Gasteiger partial charge in [0, 0.05) is 27.7 Å². The summed E-state index contributed by atoms with van der Waals surface area (Å²) >= 11 is 0. The van der Waals surface area contributed by atoms with Crippen LogP contribution >= 0.6 is 0 Å². The van der Waals surface area contributed by atoms with Crippen molar-refractivity contribution in [2.24, 2.45) is 5.92 Å². The Kier molecular flexibility index (Phi) is 2.72. The first-order chi connectivity index (χ1) is 12.3. The fraction of sp³-hybridized carbons (Fsp3) is 0.455. The first kappa shape index (κ1) is 14.2. The van der Waals surface area contributed by atoms with Crippen molar-refractivity contribution in [1.82, 2.24) is 10.3 Å². The number of aromatic hydroxyl groups is 1. The Balaban J connectivity index is 1.74. The van der Waals surface area contributed by atoms with E-state index in [0.29, 0.717) is 11.8 Å². The van der Waals surface area contributed by atoms with Crippen LogP contribution in [-0.4, -0.2) is 22.7 Å². The number of rotatable bonds is 0. The molecule has 25 heavy (non-hydrogen) atoms. The third-order valence-corrected chi connectivity index (χ3v) is 7.39. The molecule has 0 unspecified atom stereocenters. The van der Waals surface area contributed by atoms with Crippen LogP contribution in [0.3, 0.4) is 0 Å². The zero-order valence-corrected chi connectivity index (χ0v) is 14.4. The minimum absolute atomic E-state index is 0.284. The number of phenols is 1. The van der Waals surface area contributed by atoms with Crippen LogP contribution in [0.15, 0.2) is 30.3 Å². The molecule has 128 valence electrons. The predicted molar refractivity (Wildman–Crippen MR) is 101 cm³/mol. The summed E-state index contributed by atoms with van der Waals surface area (Å²) in [5.41, 5.74) is 5.28. The number of H-pyrrole nitrogens is 1. The highest BCUT2D eigenvalue weighted by molar-refractivity contribution is 6.11. The molecule has 2 fully saturated rings. The van der Waals surface area contributed by atoms with Crippen molar-refractivity contribution in [3.8, 4) is 5.75 Å². The molecule has 3 nitrogen and oxygen atoms in total. The van der Waals surface area contributed by atoms with Crippen molar-refractivity contribution in [3.05, 3.63) is 41.5 Å². The number of hydrogen-bond acceptors (Lipinski definition) is 2. The van der Waals surface area contributed by atoms with Gasteiger partial charge in [0.25, 0.3) is 0 Å².